The number of alkyl carbamates (subject to hydrolysis) is 1. The number of phenolic OH excluding ortho intramolecular Hbond substituents is 1. The number of nitrogens with one attached hydrogen (secondary N) is 1. The number of aromatic hydroxyl groups is 1. The van der Waals surface area contributed by atoms with E-state index in [2.05, 4.69) is 5.32 Å². The number of amides is 2. The molecule has 1 aromatic rings. The van der Waals surface area contributed by atoms with Crippen LogP contribution in [0.5, 0.6) is 5.75 Å². The van der Waals surface area contributed by atoms with Gasteiger partial charge in [0.05, 0.1) is 6.04 Å². The average Bonchev–Trinajstić information content (AvgIpc) is 2.95. The number of hydrogen-bond donors (Lipinski definition) is 2. The molecule has 1 atom stereocenters. The van der Waals surface area contributed by atoms with Crippen molar-refractivity contribution in [1.29, 1.82) is 0 Å². The van der Waals surface area contributed by atoms with Gasteiger partial charge in [0.2, 0.25) is 5.91 Å². The first-order valence-corrected chi connectivity index (χ1v) is 8.31. The van der Waals surface area contributed by atoms with Crippen molar-refractivity contribution in [3.63, 3.8) is 0 Å². The Balaban J connectivity index is 1.85. The van der Waals surface area contributed by atoms with E-state index < -0.39 is 11.7 Å². The summed E-state index contributed by atoms with van der Waals surface area (Å²) >= 11 is 0. The van der Waals surface area contributed by atoms with Gasteiger partial charge in [-0.1, -0.05) is 12.1 Å². The van der Waals surface area contributed by atoms with E-state index in [4.69, 9.17) is 4.74 Å². The molecule has 0 saturated carbocycles. The van der Waals surface area contributed by atoms with Crippen molar-refractivity contribution in [3.05, 3.63) is 29.8 Å². The van der Waals surface area contributed by atoms with Crippen LogP contribution in [0.2, 0.25) is 0 Å². The van der Waals surface area contributed by atoms with Gasteiger partial charge >= 0.3 is 6.09 Å². The molecule has 2 amide bonds. The lowest BCUT2D eigenvalue weighted by Gasteiger charge is -2.25. The van der Waals surface area contributed by atoms with Crippen molar-refractivity contribution in [1.82, 2.24) is 10.2 Å². The Morgan fingerprint density at radius 1 is 1.29 bits per heavy atom. The van der Waals surface area contributed by atoms with Crippen molar-refractivity contribution < 1.29 is 19.4 Å². The van der Waals surface area contributed by atoms with Crippen molar-refractivity contribution in [2.75, 3.05) is 13.1 Å². The van der Waals surface area contributed by atoms with Gasteiger partial charge in [0.1, 0.15) is 11.4 Å². The molecule has 2 rings (SSSR count). The zero-order valence-electron chi connectivity index (χ0n) is 14.5. The molecule has 24 heavy (non-hydrogen) atoms. The highest BCUT2D eigenvalue weighted by Crippen LogP contribution is 2.32. The molecule has 1 fully saturated rings. The molecule has 6 nitrogen and oxygen atoms in total. The first kappa shape index (κ1) is 18.1. The van der Waals surface area contributed by atoms with Crippen molar-refractivity contribution in [2.24, 2.45) is 0 Å². The summed E-state index contributed by atoms with van der Waals surface area (Å²) in [7, 11) is 0. The number of phenols is 1. The standard InChI is InChI=1S/C18H26N2O4/c1-18(2,3)24-17(23)19-11-10-16(22)20-12-4-5-15(20)13-6-8-14(21)9-7-13/h6-9,15,21H,4-5,10-12H2,1-3H3,(H,19,23). The van der Waals surface area contributed by atoms with Crippen LogP contribution >= 0.6 is 0 Å². The van der Waals surface area contributed by atoms with E-state index in [-0.39, 0.29) is 30.7 Å². The highest BCUT2D eigenvalue weighted by Gasteiger charge is 2.29. The summed E-state index contributed by atoms with van der Waals surface area (Å²) in [5, 5.41) is 12.0. The van der Waals surface area contributed by atoms with Gasteiger partial charge in [-0.2, -0.15) is 0 Å². The second-order valence-corrected chi connectivity index (χ2v) is 7.02. The molecular formula is C18H26N2O4. The normalized spacial score (nSPS) is 17.6. The lowest BCUT2D eigenvalue weighted by atomic mass is 10.0. The van der Waals surface area contributed by atoms with Gasteiger partial charge < -0.3 is 20.1 Å². The quantitative estimate of drug-likeness (QED) is 0.887. The van der Waals surface area contributed by atoms with Crippen LogP contribution in [0.3, 0.4) is 0 Å². The Labute approximate surface area is 142 Å². The molecule has 6 heteroatoms. The highest BCUT2D eigenvalue weighted by atomic mass is 16.6. The molecule has 0 spiro atoms. The number of carbonyl (C=O) groups excluding carboxylic acids is 2. The van der Waals surface area contributed by atoms with Crippen LogP contribution in [0.1, 0.15) is 51.6 Å². The molecule has 1 aliphatic rings. The van der Waals surface area contributed by atoms with E-state index in [1.807, 2.05) is 17.0 Å². The number of benzene rings is 1. The van der Waals surface area contributed by atoms with E-state index >= 15 is 0 Å². The van der Waals surface area contributed by atoms with Crippen LogP contribution in [-0.2, 0) is 9.53 Å². The van der Waals surface area contributed by atoms with Crippen LogP contribution in [0.4, 0.5) is 4.79 Å². The summed E-state index contributed by atoms with van der Waals surface area (Å²) in [6, 6.07) is 7.02. The highest BCUT2D eigenvalue weighted by molar-refractivity contribution is 5.78. The van der Waals surface area contributed by atoms with Gasteiger partial charge in [0.25, 0.3) is 0 Å². The van der Waals surface area contributed by atoms with Crippen molar-refractivity contribution in [3.8, 4) is 5.75 Å². The largest absolute Gasteiger partial charge is 0.508 e. The Bertz CT molecular complexity index is 578. The van der Waals surface area contributed by atoms with Gasteiger partial charge in [-0.15, -0.1) is 0 Å². The molecule has 2 N–H and O–H groups in total. The molecule has 0 radical (unpaired) electrons. The molecule has 0 aromatic heterocycles. The first-order valence-electron chi connectivity index (χ1n) is 8.31. The number of carbonyl (C=O) groups is 2. The second kappa shape index (κ2) is 7.55. The Hall–Kier alpha value is -2.24. The summed E-state index contributed by atoms with van der Waals surface area (Å²) in [6.45, 7) is 6.36. The van der Waals surface area contributed by atoms with Gasteiger partial charge in [-0.3, -0.25) is 4.79 Å². The fourth-order valence-electron chi connectivity index (χ4n) is 2.84. The van der Waals surface area contributed by atoms with Gasteiger partial charge in [-0.05, 0) is 51.3 Å². The van der Waals surface area contributed by atoms with E-state index in [0.717, 1.165) is 24.9 Å². The van der Waals surface area contributed by atoms with Crippen LogP contribution in [0.15, 0.2) is 24.3 Å². The fourth-order valence-corrected chi connectivity index (χ4v) is 2.84. The van der Waals surface area contributed by atoms with Crippen LogP contribution in [0, 0.1) is 0 Å². The smallest absolute Gasteiger partial charge is 0.407 e. The monoisotopic (exact) mass is 334 g/mol. The molecule has 1 aromatic carbocycles. The molecule has 1 heterocycles. The number of hydrogen-bond acceptors (Lipinski definition) is 4. The van der Waals surface area contributed by atoms with Crippen LogP contribution in [-0.4, -0.2) is 40.7 Å². The maximum atomic E-state index is 12.4. The third-order valence-electron chi connectivity index (χ3n) is 3.86. The summed E-state index contributed by atoms with van der Waals surface area (Å²) in [5.41, 5.74) is 0.478. The Morgan fingerprint density at radius 3 is 2.58 bits per heavy atom. The fraction of sp³-hybridized carbons (Fsp3) is 0.556. The Kier molecular flexibility index (Phi) is 5.70. The zero-order chi connectivity index (χ0) is 17.7. The van der Waals surface area contributed by atoms with Crippen LogP contribution in [0.25, 0.3) is 0 Å². The second-order valence-electron chi connectivity index (χ2n) is 7.02. The lowest BCUT2D eigenvalue weighted by Crippen LogP contribution is -2.36. The third kappa shape index (κ3) is 5.15. The third-order valence-corrected chi connectivity index (χ3v) is 3.86. The molecule has 1 aliphatic heterocycles. The molecule has 1 unspecified atom stereocenters. The average molecular weight is 334 g/mol. The van der Waals surface area contributed by atoms with Gasteiger partial charge in [-0.25, -0.2) is 4.79 Å². The number of ether oxygens (including phenoxy) is 1. The van der Waals surface area contributed by atoms with E-state index in [9.17, 15) is 14.7 Å². The number of nitrogens with zero attached hydrogens (tertiary/aromatic N) is 1. The molecule has 0 bridgehead atoms. The van der Waals surface area contributed by atoms with Crippen LogP contribution < -0.4 is 5.32 Å². The minimum Gasteiger partial charge on any atom is -0.508 e. The maximum Gasteiger partial charge on any atom is 0.407 e. The Morgan fingerprint density at radius 2 is 1.96 bits per heavy atom. The predicted octanol–water partition coefficient (Wildman–Crippen LogP) is 2.97. The summed E-state index contributed by atoms with van der Waals surface area (Å²) in [5.74, 6) is 0.234. The summed E-state index contributed by atoms with van der Waals surface area (Å²) < 4.78 is 5.15. The first-order chi connectivity index (χ1) is 11.3. The van der Waals surface area contributed by atoms with Crippen molar-refractivity contribution >= 4 is 12.0 Å². The number of rotatable bonds is 4. The predicted molar refractivity (Wildman–Crippen MR) is 90.6 cm³/mol. The van der Waals surface area contributed by atoms with E-state index in [0.29, 0.717) is 0 Å². The zero-order valence-corrected chi connectivity index (χ0v) is 14.5. The molecule has 0 aliphatic carbocycles. The minimum atomic E-state index is -0.549. The summed E-state index contributed by atoms with van der Waals surface area (Å²) in [4.78, 5) is 25.9. The molecule has 1 saturated heterocycles. The lowest BCUT2D eigenvalue weighted by molar-refractivity contribution is -0.132. The van der Waals surface area contributed by atoms with E-state index in [1.165, 1.54) is 0 Å². The molecule has 132 valence electrons. The van der Waals surface area contributed by atoms with Crippen molar-refractivity contribution in [2.45, 2.75) is 51.7 Å². The molecular weight excluding hydrogens is 308 g/mol. The van der Waals surface area contributed by atoms with E-state index in [1.54, 1.807) is 32.9 Å². The minimum absolute atomic E-state index is 0.0154. The topological polar surface area (TPSA) is 78.9 Å². The SMILES string of the molecule is CC(C)(C)OC(=O)NCCC(=O)N1CCCC1c1ccc(O)cc1. The van der Waals surface area contributed by atoms with Gasteiger partial charge in [0.15, 0.2) is 0 Å². The summed E-state index contributed by atoms with van der Waals surface area (Å²) in [6.07, 6.45) is 1.60. The number of likely N-dealkylation sites (tertiary alicyclic amines) is 1. The van der Waals surface area contributed by atoms with Gasteiger partial charge in [0, 0.05) is 19.5 Å². The maximum absolute atomic E-state index is 12.4.